The first kappa shape index (κ1) is 15.4. The fraction of sp³-hybridized carbons (Fsp3) is 0.929. The second kappa shape index (κ2) is 7.74. The number of ether oxygens (including phenoxy) is 1. The number of aliphatic hydroxyl groups excluding tert-OH is 1. The number of aliphatic hydroxyl groups is 1. The summed E-state index contributed by atoms with van der Waals surface area (Å²) >= 11 is 0. The minimum atomic E-state index is -0.207. The lowest BCUT2D eigenvalue weighted by molar-refractivity contribution is -0.149. The zero-order chi connectivity index (χ0) is 13.5. The Hall–Kier alpha value is -0.610. The molecule has 0 radical (unpaired) electrons. The van der Waals surface area contributed by atoms with E-state index in [9.17, 15) is 9.90 Å². The van der Waals surface area contributed by atoms with Crippen LogP contribution in [0.4, 0.5) is 0 Å². The van der Waals surface area contributed by atoms with Crippen molar-refractivity contribution >= 4 is 5.97 Å². The van der Waals surface area contributed by atoms with Crippen molar-refractivity contribution in [2.45, 2.75) is 58.1 Å². The first-order valence-electron chi connectivity index (χ1n) is 7.15. The molecular formula is C14H27NO3. The van der Waals surface area contributed by atoms with Gasteiger partial charge in [0.05, 0.1) is 12.7 Å². The van der Waals surface area contributed by atoms with E-state index in [1.807, 2.05) is 25.8 Å². The number of esters is 1. The lowest BCUT2D eigenvalue weighted by Gasteiger charge is -2.33. The number of hydrogen-bond acceptors (Lipinski definition) is 4. The third-order valence-corrected chi connectivity index (χ3v) is 3.87. The van der Waals surface area contributed by atoms with E-state index in [0.29, 0.717) is 12.5 Å². The summed E-state index contributed by atoms with van der Waals surface area (Å²) in [6.45, 7) is 5.03. The summed E-state index contributed by atoms with van der Waals surface area (Å²) in [6, 6.07) is -0.181. The van der Waals surface area contributed by atoms with Crippen molar-refractivity contribution in [2.24, 2.45) is 5.92 Å². The van der Waals surface area contributed by atoms with Gasteiger partial charge in [-0.3, -0.25) is 9.69 Å². The molecule has 1 N–H and O–H groups in total. The zero-order valence-electron chi connectivity index (χ0n) is 11.9. The highest BCUT2D eigenvalue weighted by molar-refractivity contribution is 5.75. The molecular weight excluding hydrogens is 230 g/mol. The van der Waals surface area contributed by atoms with Crippen LogP contribution in [0.25, 0.3) is 0 Å². The Balaban J connectivity index is 2.50. The predicted octanol–water partition coefficient (Wildman–Crippen LogP) is 1.81. The summed E-state index contributed by atoms with van der Waals surface area (Å²) in [6.07, 6.45) is 4.81. The number of carbonyl (C=O) groups is 1. The van der Waals surface area contributed by atoms with Crippen LogP contribution < -0.4 is 0 Å². The van der Waals surface area contributed by atoms with Crippen LogP contribution in [0.5, 0.6) is 0 Å². The minimum absolute atomic E-state index is 0.146. The number of carbonyl (C=O) groups excluding carboxylic acids is 1. The van der Waals surface area contributed by atoms with Gasteiger partial charge in [-0.25, -0.2) is 0 Å². The number of hydrogen-bond donors (Lipinski definition) is 1. The molecule has 1 aliphatic rings. The summed E-state index contributed by atoms with van der Waals surface area (Å²) < 4.78 is 5.09. The first-order valence-corrected chi connectivity index (χ1v) is 7.15. The van der Waals surface area contributed by atoms with Gasteiger partial charge in [-0.05, 0) is 39.2 Å². The molecule has 0 bridgehead atoms. The summed E-state index contributed by atoms with van der Waals surface area (Å²) in [4.78, 5) is 13.9. The maximum atomic E-state index is 11.8. The van der Waals surface area contributed by atoms with Crippen molar-refractivity contribution in [1.82, 2.24) is 4.90 Å². The molecule has 4 nitrogen and oxygen atoms in total. The van der Waals surface area contributed by atoms with Crippen LogP contribution in [0, 0.1) is 5.92 Å². The Labute approximate surface area is 110 Å². The quantitative estimate of drug-likeness (QED) is 0.737. The molecule has 0 spiro atoms. The highest BCUT2D eigenvalue weighted by Gasteiger charge is 2.29. The normalized spacial score (nSPS) is 26.1. The SMILES string of the molecule is CCOC(=O)C(CC)N(C)CC1CCCCC1O. The molecule has 4 heteroatoms. The van der Waals surface area contributed by atoms with Crippen molar-refractivity contribution < 1.29 is 14.6 Å². The molecule has 1 saturated carbocycles. The van der Waals surface area contributed by atoms with E-state index in [4.69, 9.17) is 4.74 Å². The lowest BCUT2D eigenvalue weighted by atomic mass is 9.86. The van der Waals surface area contributed by atoms with E-state index in [1.54, 1.807) is 0 Å². The fourth-order valence-electron chi connectivity index (χ4n) is 2.79. The molecule has 0 aromatic carbocycles. The van der Waals surface area contributed by atoms with E-state index >= 15 is 0 Å². The molecule has 0 aliphatic heterocycles. The topological polar surface area (TPSA) is 49.8 Å². The third kappa shape index (κ3) is 4.25. The van der Waals surface area contributed by atoms with Gasteiger partial charge in [-0.1, -0.05) is 19.8 Å². The van der Waals surface area contributed by atoms with Gasteiger partial charge >= 0.3 is 5.97 Å². The second-order valence-electron chi connectivity index (χ2n) is 5.23. The fourth-order valence-corrected chi connectivity index (χ4v) is 2.79. The van der Waals surface area contributed by atoms with Gasteiger partial charge in [0.25, 0.3) is 0 Å². The molecule has 0 amide bonds. The Morgan fingerprint density at radius 2 is 2.06 bits per heavy atom. The Morgan fingerprint density at radius 3 is 2.61 bits per heavy atom. The lowest BCUT2D eigenvalue weighted by Crippen LogP contribution is -2.44. The van der Waals surface area contributed by atoms with E-state index in [-0.39, 0.29) is 18.1 Å². The Morgan fingerprint density at radius 1 is 1.39 bits per heavy atom. The average Bonchev–Trinajstić information content (AvgIpc) is 2.33. The first-order chi connectivity index (χ1) is 8.60. The minimum Gasteiger partial charge on any atom is -0.465 e. The maximum absolute atomic E-state index is 11.8. The number of nitrogens with zero attached hydrogens (tertiary/aromatic N) is 1. The highest BCUT2D eigenvalue weighted by atomic mass is 16.5. The Bertz CT molecular complexity index is 257. The molecule has 1 rings (SSSR count). The van der Waals surface area contributed by atoms with Crippen molar-refractivity contribution in [2.75, 3.05) is 20.2 Å². The summed E-state index contributed by atoms with van der Waals surface area (Å²) in [7, 11) is 1.95. The van der Waals surface area contributed by atoms with E-state index in [2.05, 4.69) is 0 Å². The molecule has 106 valence electrons. The van der Waals surface area contributed by atoms with E-state index < -0.39 is 0 Å². The van der Waals surface area contributed by atoms with Crippen LogP contribution in [-0.4, -0.2) is 48.3 Å². The number of rotatable bonds is 6. The van der Waals surface area contributed by atoms with Gasteiger partial charge < -0.3 is 9.84 Å². The van der Waals surface area contributed by atoms with Gasteiger partial charge in [0.15, 0.2) is 0 Å². The van der Waals surface area contributed by atoms with E-state index in [1.165, 1.54) is 6.42 Å². The third-order valence-electron chi connectivity index (χ3n) is 3.87. The molecule has 0 aromatic rings. The van der Waals surface area contributed by atoms with Gasteiger partial charge in [0, 0.05) is 6.54 Å². The maximum Gasteiger partial charge on any atom is 0.323 e. The molecule has 0 aromatic heterocycles. The largest absolute Gasteiger partial charge is 0.465 e. The standard InChI is InChI=1S/C14H27NO3/c1-4-12(14(17)18-5-2)15(3)10-11-8-6-7-9-13(11)16/h11-13,16H,4-10H2,1-3H3. The summed E-state index contributed by atoms with van der Waals surface area (Å²) in [5, 5.41) is 9.97. The van der Waals surface area contributed by atoms with Crippen LogP contribution in [0.1, 0.15) is 46.0 Å². The van der Waals surface area contributed by atoms with Crippen LogP contribution in [-0.2, 0) is 9.53 Å². The van der Waals surface area contributed by atoms with Crippen molar-refractivity contribution in [1.29, 1.82) is 0 Å². The molecule has 1 aliphatic carbocycles. The molecule has 0 saturated heterocycles. The zero-order valence-corrected chi connectivity index (χ0v) is 11.9. The molecule has 18 heavy (non-hydrogen) atoms. The van der Waals surface area contributed by atoms with Gasteiger partial charge in [-0.2, -0.15) is 0 Å². The molecule has 0 heterocycles. The van der Waals surface area contributed by atoms with Crippen molar-refractivity contribution in [3.63, 3.8) is 0 Å². The van der Waals surface area contributed by atoms with Crippen molar-refractivity contribution in [3.8, 4) is 0 Å². The monoisotopic (exact) mass is 257 g/mol. The number of likely N-dealkylation sites (N-methyl/N-ethyl adjacent to an activating group) is 1. The summed E-state index contributed by atoms with van der Waals surface area (Å²) in [5.41, 5.74) is 0. The molecule has 3 atom stereocenters. The van der Waals surface area contributed by atoms with Gasteiger partial charge in [0.1, 0.15) is 6.04 Å². The second-order valence-corrected chi connectivity index (χ2v) is 5.23. The summed E-state index contributed by atoms with van der Waals surface area (Å²) in [5.74, 6) is 0.153. The smallest absolute Gasteiger partial charge is 0.323 e. The van der Waals surface area contributed by atoms with Gasteiger partial charge in [-0.15, -0.1) is 0 Å². The molecule has 1 fully saturated rings. The van der Waals surface area contributed by atoms with Gasteiger partial charge in [0.2, 0.25) is 0 Å². The van der Waals surface area contributed by atoms with Crippen LogP contribution >= 0.6 is 0 Å². The van der Waals surface area contributed by atoms with E-state index in [0.717, 1.165) is 32.2 Å². The predicted molar refractivity (Wildman–Crippen MR) is 71.3 cm³/mol. The average molecular weight is 257 g/mol. The highest BCUT2D eigenvalue weighted by Crippen LogP contribution is 2.25. The van der Waals surface area contributed by atoms with Crippen LogP contribution in [0.15, 0.2) is 0 Å². The van der Waals surface area contributed by atoms with Crippen LogP contribution in [0.2, 0.25) is 0 Å². The Kier molecular flexibility index (Phi) is 6.65. The van der Waals surface area contributed by atoms with Crippen molar-refractivity contribution in [3.05, 3.63) is 0 Å². The van der Waals surface area contributed by atoms with Crippen LogP contribution in [0.3, 0.4) is 0 Å². The molecule has 3 unspecified atom stereocenters.